The molecular formula is C22H29N3O. The first-order chi connectivity index (χ1) is 12.7. The molecule has 0 saturated carbocycles. The minimum atomic E-state index is 0.0194. The van der Waals surface area contributed by atoms with E-state index in [0.29, 0.717) is 6.54 Å². The van der Waals surface area contributed by atoms with E-state index in [1.165, 1.54) is 36.9 Å². The third-order valence-corrected chi connectivity index (χ3v) is 4.83. The van der Waals surface area contributed by atoms with Crippen molar-refractivity contribution in [1.82, 2.24) is 4.90 Å². The van der Waals surface area contributed by atoms with Crippen molar-refractivity contribution in [1.29, 1.82) is 0 Å². The van der Waals surface area contributed by atoms with Crippen LogP contribution in [0.25, 0.3) is 0 Å². The zero-order chi connectivity index (χ0) is 18.2. The molecule has 1 N–H and O–H groups in total. The molecule has 2 aromatic carbocycles. The van der Waals surface area contributed by atoms with Crippen LogP contribution in [0.5, 0.6) is 0 Å². The summed E-state index contributed by atoms with van der Waals surface area (Å²) in [5.74, 6) is 0.0194. The Bertz CT molecular complexity index is 676. The van der Waals surface area contributed by atoms with E-state index >= 15 is 0 Å². The van der Waals surface area contributed by atoms with E-state index in [9.17, 15) is 4.79 Å². The van der Waals surface area contributed by atoms with Gasteiger partial charge in [-0.1, -0.05) is 43.2 Å². The van der Waals surface area contributed by atoms with Crippen LogP contribution in [0.15, 0.2) is 54.6 Å². The van der Waals surface area contributed by atoms with Crippen LogP contribution in [0.2, 0.25) is 0 Å². The highest BCUT2D eigenvalue weighted by atomic mass is 16.2. The van der Waals surface area contributed by atoms with Gasteiger partial charge in [0.1, 0.15) is 0 Å². The molecule has 0 aromatic heterocycles. The first-order valence-electron chi connectivity index (χ1n) is 9.58. The van der Waals surface area contributed by atoms with Crippen molar-refractivity contribution in [3.05, 3.63) is 60.2 Å². The van der Waals surface area contributed by atoms with Crippen LogP contribution in [0, 0.1) is 0 Å². The second-order valence-corrected chi connectivity index (χ2v) is 7.15. The summed E-state index contributed by atoms with van der Waals surface area (Å²) >= 11 is 0. The highest BCUT2D eigenvalue weighted by molar-refractivity contribution is 5.92. The van der Waals surface area contributed by atoms with E-state index < -0.39 is 0 Å². The van der Waals surface area contributed by atoms with Crippen molar-refractivity contribution in [2.75, 3.05) is 36.9 Å². The van der Waals surface area contributed by atoms with Gasteiger partial charge in [0.15, 0.2) is 0 Å². The van der Waals surface area contributed by atoms with Crippen LogP contribution in [-0.4, -0.2) is 37.5 Å². The van der Waals surface area contributed by atoms with E-state index in [-0.39, 0.29) is 5.91 Å². The maximum absolute atomic E-state index is 12.3. The summed E-state index contributed by atoms with van der Waals surface area (Å²) in [6, 6.07) is 18.5. The fourth-order valence-corrected chi connectivity index (χ4v) is 3.48. The topological polar surface area (TPSA) is 35.6 Å². The number of nitrogens with zero attached hydrogens (tertiary/aromatic N) is 2. The van der Waals surface area contributed by atoms with Crippen LogP contribution >= 0.6 is 0 Å². The molecule has 0 bridgehead atoms. The molecule has 0 atom stereocenters. The van der Waals surface area contributed by atoms with Gasteiger partial charge in [-0.25, -0.2) is 0 Å². The molecule has 1 aliphatic rings. The molecule has 0 radical (unpaired) electrons. The molecule has 4 heteroatoms. The first kappa shape index (κ1) is 18.5. The third kappa shape index (κ3) is 5.60. The Morgan fingerprint density at radius 3 is 2.27 bits per heavy atom. The molecule has 0 unspecified atom stereocenters. The van der Waals surface area contributed by atoms with E-state index in [4.69, 9.17) is 0 Å². The number of hydrogen-bond acceptors (Lipinski definition) is 3. The summed E-state index contributed by atoms with van der Waals surface area (Å²) < 4.78 is 0. The molecule has 1 heterocycles. The number of nitrogens with one attached hydrogen (secondary N) is 1. The molecule has 1 fully saturated rings. The summed E-state index contributed by atoms with van der Waals surface area (Å²) in [7, 11) is 1.97. The van der Waals surface area contributed by atoms with Gasteiger partial charge in [-0.05, 0) is 49.7 Å². The van der Waals surface area contributed by atoms with Crippen LogP contribution < -0.4 is 10.2 Å². The summed E-state index contributed by atoms with van der Waals surface area (Å²) in [6.45, 7) is 3.41. The van der Waals surface area contributed by atoms with Crippen LogP contribution in [-0.2, 0) is 11.3 Å². The number of likely N-dealkylation sites (N-methyl/N-ethyl adjacent to an activating group) is 1. The number of hydrogen-bond donors (Lipinski definition) is 1. The Hall–Kier alpha value is -2.33. The van der Waals surface area contributed by atoms with Crippen LogP contribution in [0.1, 0.15) is 31.2 Å². The first-order valence-corrected chi connectivity index (χ1v) is 9.58. The average molecular weight is 351 g/mol. The van der Waals surface area contributed by atoms with Gasteiger partial charge in [-0.3, -0.25) is 9.69 Å². The summed E-state index contributed by atoms with van der Waals surface area (Å²) in [5, 5.41) is 3.00. The zero-order valence-corrected chi connectivity index (χ0v) is 15.7. The van der Waals surface area contributed by atoms with Gasteiger partial charge in [0, 0.05) is 31.0 Å². The second kappa shape index (κ2) is 9.39. The van der Waals surface area contributed by atoms with E-state index in [2.05, 4.69) is 34.5 Å². The van der Waals surface area contributed by atoms with E-state index in [1.54, 1.807) is 0 Å². The number of benzene rings is 2. The van der Waals surface area contributed by atoms with Crippen LogP contribution in [0.3, 0.4) is 0 Å². The van der Waals surface area contributed by atoms with Gasteiger partial charge in [0.2, 0.25) is 5.91 Å². The predicted molar refractivity (Wildman–Crippen MR) is 109 cm³/mol. The largest absolute Gasteiger partial charge is 0.372 e. The summed E-state index contributed by atoms with van der Waals surface area (Å²) in [4.78, 5) is 16.8. The molecule has 4 nitrogen and oxygen atoms in total. The molecular weight excluding hydrogens is 322 g/mol. The Kier molecular flexibility index (Phi) is 6.67. The highest BCUT2D eigenvalue weighted by Crippen LogP contribution is 2.21. The highest BCUT2D eigenvalue weighted by Gasteiger charge is 2.11. The number of anilines is 2. The van der Waals surface area contributed by atoms with Crippen molar-refractivity contribution in [2.24, 2.45) is 0 Å². The Balaban J connectivity index is 1.49. The lowest BCUT2D eigenvalue weighted by molar-refractivity contribution is -0.117. The zero-order valence-electron chi connectivity index (χ0n) is 15.7. The fraction of sp³-hybridized carbons (Fsp3) is 0.409. The smallest absolute Gasteiger partial charge is 0.238 e. The molecule has 138 valence electrons. The van der Waals surface area contributed by atoms with Gasteiger partial charge in [-0.15, -0.1) is 0 Å². The molecule has 0 aliphatic carbocycles. The Morgan fingerprint density at radius 1 is 0.962 bits per heavy atom. The maximum atomic E-state index is 12.3. The van der Waals surface area contributed by atoms with Crippen molar-refractivity contribution >= 4 is 17.3 Å². The lowest BCUT2D eigenvalue weighted by Crippen LogP contribution is -2.29. The average Bonchev–Trinajstić information content (AvgIpc) is 2.92. The maximum Gasteiger partial charge on any atom is 0.238 e. The molecule has 2 aromatic rings. The van der Waals surface area contributed by atoms with Gasteiger partial charge in [-0.2, -0.15) is 0 Å². The van der Waals surface area contributed by atoms with Crippen LogP contribution in [0.4, 0.5) is 11.4 Å². The lowest BCUT2D eigenvalue weighted by Gasteiger charge is -2.23. The van der Waals surface area contributed by atoms with Gasteiger partial charge in [0.25, 0.3) is 0 Å². The lowest BCUT2D eigenvalue weighted by atomic mass is 10.2. The summed E-state index contributed by atoms with van der Waals surface area (Å²) in [5.41, 5.74) is 3.33. The minimum Gasteiger partial charge on any atom is -0.372 e. The standard InChI is InChI=1S/C22H29N3O/c1-24(17-19-9-5-4-6-10-19)18-22(26)23-20-11-13-21(14-12-20)25-15-7-2-3-8-16-25/h4-6,9-14H,2-3,7-8,15-18H2,1H3,(H,23,26). The predicted octanol–water partition coefficient (Wildman–Crippen LogP) is 4.14. The number of amides is 1. The quantitative estimate of drug-likeness (QED) is 0.850. The third-order valence-electron chi connectivity index (χ3n) is 4.83. The van der Waals surface area contributed by atoms with E-state index in [1.807, 2.05) is 42.3 Å². The Labute approximate surface area is 156 Å². The number of carbonyl (C=O) groups is 1. The van der Waals surface area contributed by atoms with Crippen molar-refractivity contribution in [2.45, 2.75) is 32.2 Å². The molecule has 1 amide bonds. The van der Waals surface area contributed by atoms with Gasteiger partial charge in [0.05, 0.1) is 6.54 Å². The summed E-state index contributed by atoms with van der Waals surface area (Å²) in [6.07, 6.45) is 5.21. The second-order valence-electron chi connectivity index (χ2n) is 7.15. The Morgan fingerprint density at radius 2 is 1.62 bits per heavy atom. The van der Waals surface area contributed by atoms with Crippen molar-refractivity contribution in [3.8, 4) is 0 Å². The molecule has 3 rings (SSSR count). The van der Waals surface area contributed by atoms with Crippen molar-refractivity contribution in [3.63, 3.8) is 0 Å². The van der Waals surface area contributed by atoms with E-state index in [0.717, 1.165) is 25.3 Å². The number of carbonyl (C=O) groups excluding carboxylic acids is 1. The normalized spacial score (nSPS) is 14.9. The molecule has 26 heavy (non-hydrogen) atoms. The monoisotopic (exact) mass is 351 g/mol. The molecule has 0 spiro atoms. The fourth-order valence-electron chi connectivity index (χ4n) is 3.48. The van der Waals surface area contributed by atoms with Gasteiger partial charge < -0.3 is 10.2 Å². The SMILES string of the molecule is CN(CC(=O)Nc1ccc(N2CCCCCC2)cc1)Cc1ccccc1. The molecule has 1 saturated heterocycles. The number of rotatable bonds is 6. The minimum absolute atomic E-state index is 0.0194. The van der Waals surface area contributed by atoms with Gasteiger partial charge >= 0.3 is 0 Å². The van der Waals surface area contributed by atoms with Crippen molar-refractivity contribution < 1.29 is 4.79 Å². The molecule has 1 aliphatic heterocycles.